The third kappa shape index (κ3) is 6.99. The number of rotatable bonds is 9. The van der Waals surface area contributed by atoms with E-state index >= 15 is 0 Å². The van der Waals surface area contributed by atoms with E-state index in [2.05, 4.69) is 38.9 Å². The number of nitrogens with zero attached hydrogens (tertiary/aromatic N) is 5. The van der Waals surface area contributed by atoms with Crippen molar-refractivity contribution in [3.05, 3.63) is 66.7 Å². The molecule has 0 atom stereocenters. The predicted octanol–water partition coefficient (Wildman–Crippen LogP) is 2.87. The summed E-state index contributed by atoms with van der Waals surface area (Å²) in [7, 11) is 0. The Morgan fingerprint density at radius 2 is 1.96 bits per heavy atom. The van der Waals surface area contributed by atoms with E-state index in [1.807, 2.05) is 58.2 Å². The first-order valence-electron chi connectivity index (χ1n) is 9.43. The Morgan fingerprint density at radius 3 is 2.71 bits per heavy atom. The summed E-state index contributed by atoms with van der Waals surface area (Å²) in [6.07, 6.45) is 9.62. The number of aliphatic imine (C=N–C) groups is 1. The zero-order valence-electron chi connectivity index (χ0n) is 16.2. The molecule has 0 fully saturated rings. The quantitative estimate of drug-likeness (QED) is 0.208. The molecule has 0 spiro atoms. The van der Waals surface area contributed by atoms with E-state index in [1.165, 1.54) is 5.56 Å². The topological polar surface area (TPSA) is 72.1 Å². The van der Waals surface area contributed by atoms with Crippen LogP contribution < -0.4 is 10.6 Å². The molecule has 0 bridgehead atoms. The molecule has 0 radical (unpaired) electrons. The molecule has 0 amide bonds. The number of aromatic nitrogens is 4. The summed E-state index contributed by atoms with van der Waals surface area (Å²) in [5.74, 6) is 0.855. The molecule has 2 N–H and O–H groups in total. The molecule has 150 valence electrons. The van der Waals surface area contributed by atoms with Gasteiger partial charge in [-0.3, -0.25) is 9.67 Å². The summed E-state index contributed by atoms with van der Waals surface area (Å²) in [6.45, 7) is 5.38. The van der Waals surface area contributed by atoms with E-state index in [4.69, 9.17) is 0 Å². The first-order valence-corrected chi connectivity index (χ1v) is 9.43. The summed E-state index contributed by atoms with van der Waals surface area (Å²) in [5.41, 5.74) is 2.27. The number of nitrogens with one attached hydrogen (secondary N) is 2. The lowest BCUT2D eigenvalue weighted by Crippen LogP contribution is -2.38. The Kier molecular flexibility index (Phi) is 9.53. The Labute approximate surface area is 183 Å². The fourth-order valence-electron chi connectivity index (χ4n) is 2.73. The van der Waals surface area contributed by atoms with Gasteiger partial charge in [-0.15, -0.1) is 24.0 Å². The van der Waals surface area contributed by atoms with E-state index in [9.17, 15) is 0 Å². The summed E-state index contributed by atoms with van der Waals surface area (Å²) < 4.78 is 3.84. The van der Waals surface area contributed by atoms with Crippen LogP contribution in [0.25, 0.3) is 5.69 Å². The van der Waals surface area contributed by atoms with Crippen molar-refractivity contribution in [3.8, 4) is 5.69 Å². The van der Waals surface area contributed by atoms with Crippen LogP contribution in [-0.2, 0) is 13.0 Å². The van der Waals surface area contributed by atoms with Crippen molar-refractivity contribution in [2.45, 2.75) is 26.3 Å². The van der Waals surface area contributed by atoms with Gasteiger partial charge in [0.1, 0.15) is 0 Å². The van der Waals surface area contributed by atoms with Gasteiger partial charge in [0.05, 0.1) is 11.9 Å². The van der Waals surface area contributed by atoms with E-state index in [0.717, 1.165) is 50.7 Å². The minimum atomic E-state index is 0. The van der Waals surface area contributed by atoms with E-state index in [0.29, 0.717) is 0 Å². The molecule has 0 saturated carbocycles. The van der Waals surface area contributed by atoms with Crippen LogP contribution in [0, 0.1) is 0 Å². The lowest BCUT2D eigenvalue weighted by Gasteiger charge is -2.10. The van der Waals surface area contributed by atoms with Crippen LogP contribution in [-0.4, -0.2) is 45.2 Å². The maximum Gasteiger partial charge on any atom is 0.191 e. The van der Waals surface area contributed by atoms with Gasteiger partial charge in [-0.05, 0) is 43.5 Å². The number of para-hydroxylation sites is 1. The first-order chi connectivity index (χ1) is 13.3. The fraction of sp³-hybridized carbons (Fsp3) is 0.350. The van der Waals surface area contributed by atoms with Gasteiger partial charge >= 0.3 is 0 Å². The average Bonchev–Trinajstić information content (AvgIpc) is 3.38. The minimum Gasteiger partial charge on any atom is -0.357 e. The number of aryl methyl sites for hydroxylation is 1. The molecule has 1 aromatic carbocycles. The molecular weight excluding hydrogens is 465 g/mol. The monoisotopic (exact) mass is 493 g/mol. The molecule has 3 aromatic rings. The van der Waals surface area contributed by atoms with Crippen molar-refractivity contribution in [1.82, 2.24) is 30.2 Å². The number of halogens is 1. The van der Waals surface area contributed by atoms with Gasteiger partial charge in [-0.1, -0.05) is 18.2 Å². The number of guanidine groups is 1. The second-order valence-corrected chi connectivity index (χ2v) is 6.19. The Hall–Kier alpha value is -2.36. The third-order valence-corrected chi connectivity index (χ3v) is 4.08. The molecule has 3 rings (SSSR count). The molecular formula is C20H28IN7. The summed E-state index contributed by atoms with van der Waals surface area (Å²) in [5, 5.41) is 15.3. The zero-order chi connectivity index (χ0) is 18.7. The second kappa shape index (κ2) is 12.2. The highest BCUT2D eigenvalue weighted by Gasteiger charge is 2.02. The Morgan fingerprint density at radius 1 is 1.11 bits per heavy atom. The van der Waals surface area contributed by atoms with Crippen LogP contribution in [0.5, 0.6) is 0 Å². The smallest absolute Gasteiger partial charge is 0.191 e. The van der Waals surface area contributed by atoms with E-state index in [-0.39, 0.29) is 24.0 Å². The van der Waals surface area contributed by atoms with Crippen LogP contribution in [0.3, 0.4) is 0 Å². The van der Waals surface area contributed by atoms with Gasteiger partial charge in [0.25, 0.3) is 0 Å². The van der Waals surface area contributed by atoms with Crippen molar-refractivity contribution in [2.24, 2.45) is 4.99 Å². The van der Waals surface area contributed by atoms with Gasteiger partial charge in [-0.2, -0.15) is 10.2 Å². The highest BCUT2D eigenvalue weighted by Crippen LogP contribution is 2.07. The van der Waals surface area contributed by atoms with Gasteiger partial charge in [0, 0.05) is 44.8 Å². The standard InChI is InChI=1S/C20H27N7.HI/c1-2-21-20(22-11-6-14-26-15-7-12-24-26)23-13-10-18-16-25-27(17-18)19-8-4-3-5-9-19;/h3-5,7-9,12,15-17H,2,6,10-11,13-14H2,1H3,(H2,21,22,23);1H. The average molecular weight is 493 g/mol. The van der Waals surface area contributed by atoms with Crippen LogP contribution in [0.15, 0.2) is 66.2 Å². The van der Waals surface area contributed by atoms with Crippen LogP contribution >= 0.6 is 24.0 Å². The normalized spacial score (nSPS) is 11.1. The van der Waals surface area contributed by atoms with Gasteiger partial charge in [0.2, 0.25) is 0 Å². The largest absolute Gasteiger partial charge is 0.357 e. The number of hydrogen-bond acceptors (Lipinski definition) is 3. The second-order valence-electron chi connectivity index (χ2n) is 6.19. The van der Waals surface area contributed by atoms with Crippen molar-refractivity contribution in [2.75, 3.05) is 19.6 Å². The zero-order valence-corrected chi connectivity index (χ0v) is 18.5. The fourth-order valence-corrected chi connectivity index (χ4v) is 2.73. The molecule has 0 aliphatic heterocycles. The first kappa shape index (κ1) is 21.9. The maximum atomic E-state index is 4.63. The van der Waals surface area contributed by atoms with Gasteiger partial charge in [-0.25, -0.2) is 4.68 Å². The molecule has 2 heterocycles. The maximum absolute atomic E-state index is 4.63. The predicted molar refractivity (Wildman–Crippen MR) is 124 cm³/mol. The lowest BCUT2D eigenvalue weighted by atomic mass is 10.2. The Bertz CT molecular complexity index is 812. The van der Waals surface area contributed by atoms with E-state index in [1.54, 1.807) is 6.20 Å². The van der Waals surface area contributed by atoms with Gasteiger partial charge < -0.3 is 10.6 Å². The summed E-state index contributed by atoms with van der Waals surface area (Å²) in [4.78, 5) is 4.63. The van der Waals surface area contributed by atoms with Crippen LogP contribution in [0.2, 0.25) is 0 Å². The van der Waals surface area contributed by atoms with Crippen molar-refractivity contribution in [3.63, 3.8) is 0 Å². The molecule has 7 nitrogen and oxygen atoms in total. The highest BCUT2D eigenvalue weighted by molar-refractivity contribution is 14.0. The summed E-state index contributed by atoms with van der Waals surface area (Å²) >= 11 is 0. The van der Waals surface area contributed by atoms with Crippen LogP contribution in [0.1, 0.15) is 18.9 Å². The third-order valence-electron chi connectivity index (χ3n) is 4.08. The van der Waals surface area contributed by atoms with Crippen molar-refractivity contribution < 1.29 is 0 Å². The number of benzene rings is 1. The molecule has 28 heavy (non-hydrogen) atoms. The van der Waals surface area contributed by atoms with Crippen LogP contribution in [0.4, 0.5) is 0 Å². The van der Waals surface area contributed by atoms with Gasteiger partial charge in [0.15, 0.2) is 5.96 Å². The number of hydrogen-bond donors (Lipinski definition) is 2. The lowest BCUT2D eigenvalue weighted by molar-refractivity contribution is 0.584. The van der Waals surface area contributed by atoms with Crippen molar-refractivity contribution in [1.29, 1.82) is 0 Å². The SMILES string of the molecule is CCNC(=NCCCn1cccn1)NCCc1cnn(-c2ccccc2)c1.I. The minimum absolute atomic E-state index is 0. The highest BCUT2D eigenvalue weighted by atomic mass is 127. The molecule has 2 aromatic heterocycles. The molecule has 0 saturated heterocycles. The molecule has 0 aliphatic carbocycles. The molecule has 0 aliphatic rings. The summed E-state index contributed by atoms with van der Waals surface area (Å²) in [6, 6.07) is 12.1. The van der Waals surface area contributed by atoms with Crippen molar-refractivity contribution >= 4 is 29.9 Å². The Balaban J connectivity index is 0.00000280. The molecule has 0 unspecified atom stereocenters. The van der Waals surface area contributed by atoms with E-state index < -0.39 is 0 Å². The molecule has 8 heteroatoms.